The number of nitrogens with one attached hydrogen (secondary N) is 1. The van der Waals surface area contributed by atoms with E-state index in [9.17, 15) is 25.2 Å². The molecule has 16 rings (SSSR count). The van der Waals surface area contributed by atoms with Gasteiger partial charge in [0.05, 0.1) is 36.4 Å². The Hall–Kier alpha value is -3.40. The number of benzene rings is 2. The zero-order valence-corrected chi connectivity index (χ0v) is 45.7. The number of aliphatic hydroxyl groups excluding tert-OH is 2. The summed E-state index contributed by atoms with van der Waals surface area (Å²) in [6, 6.07) is 16.8. The maximum Gasteiger partial charge on any atom is 0.331 e. The number of ether oxygens (including phenoxy) is 2. The summed E-state index contributed by atoms with van der Waals surface area (Å²) in [6.45, 7) is 2.96. The summed E-state index contributed by atoms with van der Waals surface area (Å²) < 4.78 is 13.9. The lowest BCUT2D eigenvalue weighted by atomic mass is 9.29. The molecule has 8 bridgehead atoms. The van der Waals surface area contributed by atoms with Crippen LogP contribution in [0.4, 0.5) is 0 Å². The lowest BCUT2D eigenvalue weighted by molar-refractivity contribution is -0.400. The SMILES string of the molecule is CN[C@@H]1Cc2c(cccc2CO)C#CCC[C@]23CC[C@H]4[C@@](O)([C@@H](O)[C@H]5C[C@@H]([C@@H](C)C6CCCC6)CC[C@H]6[C@H]7OC[C@@H]8CC[C@@]9%10CC[C@@H](c%11ccccc%11)C[C@H]9C[C@@H]8[C@@]7%10C[C@@]4(C=O)[C@]56O)[C@@]2(O)C[C@@H]2C[C@@H]1[C@@H]1OC(=O)C=C1[C@@H]23. The maximum absolute atomic E-state index is 15.7. The molecule has 0 unspecified atom stereocenters. The van der Waals surface area contributed by atoms with Crippen LogP contribution in [0.3, 0.4) is 0 Å². The van der Waals surface area contributed by atoms with Gasteiger partial charge in [0.2, 0.25) is 0 Å². The Morgan fingerprint density at radius 1 is 0.831 bits per heavy atom. The van der Waals surface area contributed by atoms with Gasteiger partial charge in [-0.3, -0.25) is 0 Å². The average molecular weight is 1050 g/mol. The fourth-order valence-corrected chi connectivity index (χ4v) is 24.6. The largest absolute Gasteiger partial charge is 0.454 e. The molecule has 3 spiro atoms. The molecule has 14 aliphatic rings. The van der Waals surface area contributed by atoms with Crippen LogP contribution < -0.4 is 5.32 Å². The summed E-state index contributed by atoms with van der Waals surface area (Å²) in [5.41, 5.74) is -3.86. The highest BCUT2D eigenvalue weighted by atomic mass is 16.5. The van der Waals surface area contributed by atoms with Gasteiger partial charge in [-0.25, -0.2) is 4.79 Å². The van der Waals surface area contributed by atoms with Crippen molar-refractivity contribution in [2.75, 3.05) is 13.7 Å². The summed E-state index contributed by atoms with van der Waals surface area (Å²) in [5, 5.41) is 73.4. The van der Waals surface area contributed by atoms with Crippen LogP contribution in [0.2, 0.25) is 0 Å². The van der Waals surface area contributed by atoms with Crippen LogP contribution in [0, 0.1) is 105 Å². The highest BCUT2D eigenvalue weighted by Crippen LogP contribution is 2.85. The number of rotatable bonds is 6. The molecule has 1 saturated heterocycles. The molecule has 12 aliphatic carbocycles. The first-order chi connectivity index (χ1) is 37.3. The number of likely N-dealkylation sites (N-methyl/N-ethyl adjacent to an activating group) is 1. The van der Waals surface area contributed by atoms with E-state index in [0.29, 0.717) is 93.5 Å². The molecule has 412 valence electrons. The van der Waals surface area contributed by atoms with Crippen molar-refractivity contribution >= 4 is 12.3 Å². The number of aliphatic hydroxyl groups is 5. The van der Waals surface area contributed by atoms with Crippen molar-refractivity contribution in [2.24, 2.45) is 92.7 Å². The van der Waals surface area contributed by atoms with E-state index in [0.717, 1.165) is 79.9 Å². The fraction of sp³-hybridized carbons (Fsp3) is 0.731. The van der Waals surface area contributed by atoms with Crippen LogP contribution in [-0.2, 0) is 32.1 Å². The van der Waals surface area contributed by atoms with Gasteiger partial charge in [-0.1, -0.05) is 86.9 Å². The molecule has 6 N–H and O–H groups in total. The Labute approximate surface area is 456 Å². The van der Waals surface area contributed by atoms with Gasteiger partial charge in [0, 0.05) is 58.6 Å². The highest BCUT2D eigenvalue weighted by molar-refractivity contribution is 5.86. The summed E-state index contributed by atoms with van der Waals surface area (Å²) in [7, 11) is 1.95. The van der Waals surface area contributed by atoms with Gasteiger partial charge < -0.3 is 45.1 Å². The number of fused-ring (bicyclic) bond motifs is 7. The molecule has 10 nitrogen and oxygen atoms in total. The van der Waals surface area contributed by atoms with E-state index in [1.54, 1.807) is 6.08 Å². The molecule has 10 heteroatoms. The molecule has 2 aromatic rings. The smallest absolute Gasteiger partial charge is 0.331 e. The van der Waals surface area contributed by atoms with E-state index in [4.69, 9.17) is 9.47 Å². The van der Waals surface area contributed by atoms with Gasteiger partial charge in [0.15, 0.2) is 0 Å². The molecular formula is C67H85NO9. The predicted octanol–water partition coefficient (Wildman–Crippen LogP) is 8.76. The van der Waals surface area contributed by atoms with Crippen molar-refractivity contribution in [1.29, 1.82) is 0 Å². The molecule has 0 radical (unpaired) electrons. The molecule has 11 fully saturated rings. The van der Waals surface area contributed by atoms with E-state index in [-0.39, 0.29) is 60.2 Å². The topological polar surface area (TPSA) is 166 Å². The number of carbonyl (C=O) groups is 2. The number of carbonyl (C=O) groups excluding carboxylic acids is 2. The molecule has 10 saturated carbocycles. The molecule has 2 aromatic carbocycles. The normalized spacial score (nSPS) is 51.1. The number of aldehydes is 1. The van der Waals surface area contributed by atoms with Crippen molar-refractivity contribution < 1.29 is 44.6 Å². The van der Waals surface area contributed by atoms with Crippen molar-refractivity contribution in [3.8, 4) is 11.8 Å². The third-order valence-electron chi connectivity index (χ3n) is 27.4. The van der Waals surface area contributed by atoms with Crippen molar-refractivity contribution in [2.45, 2.75) is 195 Å². The Bertz CT molecular complexity index is 2820. The number of esters is 1. The molecular weight excluding hydrogens is 963 g/mol. The van der Waals surface area contributed by atoms with Gasteiger partial charge in [0.25, 0.3) is 0 Å². The Morgan fingerprint density at radius 3 is 2.43 bits per heavy atom. The van der Waals surface area contributed by atoms with E-state index in [1.807, 2.05) is 25.2 Å². The van der Waals surface area contributed by atoms with Crippen LogP contribution in [0.1, 0.15) is 164 Å². The quantitative estimate of drug-likeness (QED) is 0.0937. The minimum atomic E-state index is -2.19. The van der Waals surface area contributed by atoms with Gasteiger partial charge in [-0.2, -0.15) is 0 Å². The first kappa shape index (κ1) is 50.6. The average Bonchev–Trinajstić information content (AvgIpc) is 4.36. The first-order valence-electron chi connectivity index (χ1n) is 31.1. The molecule has 2 heterocycles. The van der Waals surface area contributed by atoms with Crippen molar-refractivity contribution in [1.82, 2.24) is 5.32 Å². The minimum absolute atomic E-state index is 0.0956. The summed E-state index contributed by atoms with van der Waals surface area (Å²) in [6.07, 6.45) is 17.3. The lowest BCUT2D eigenvalue weighted by Gasteiger charge is -2.78. The second kappa shape index (κ2) is 17.6. The van der Waals surface area contributed by atoms with E-state index in [1.165, 1.54) is 31.2 Å². The lowest BCUT2D eigenvalue weighted by Crippen LogP contribution is -2.87. The van der Waals surface area contributed by atoms with Gasteiger partial charge in [-0.05, 0) is 197 Å². The molecule has 0 aromatic heterocycles. The minimum Gasteiger partial charge on any atom is -0.454 e. The van der Waals surface area contributed by atoms with Crippen LogP contribution in [0.25, 0.3) is 0 Å². The summed E-state index contributed by atoms with van der Waals surface area (Å²) in [4.78, 5) is 29.6. The standard InChI is InChI=1S/C67H85NO9/c1-38(39-11-6-7-12-39)42-18-19-51-60-64(52-30-47-27-43(40-13-4-3-5-14-40)20-24-61(47,64)25-21-45(52)35-76-60)36-63(37-70)55-22-26-62-23-9-8-15-41-16-10-17-44(34-69)48(41)31-54(68-2)49-28-46(57(62)50-32-56(71)77-58(49)50)33-65(62,73)67(55,75)59(72)53(29-42)66(51,63)74/h3-5,10,13-14,16-17,32,37-39,42-43,45-47,49,51-55,57-60,68-69,72-75H,6-7,9,11-12,18-31,33-36H2,1-2H3/t38-,42-,43+,45-,46-,47-,49-,51-,52-,53+,54+,55+,57+,58-,59-,60+,61-,62+,63-,64-,65+,66+,67+/m0/s1. The second-order valence-corrected chi connectivity index (χ2v) is 28.7. The predicted molar refractivity (Wildman–Crippen MR) is 289 cm³/mol. The van der Waals surface area contributed by atoms with Gasteiger partial charge >= 0.3 is 5.97 Å². The third kappa shape index (κ3) is 6.20. The second-order valence-electron chi connectivity index (χ2n) is 28.7. The number of hydrogen-bond acceptors (Lipinski definition) is 10. The van der Waals surface area contributed by atoms with Crippen LogP contribution >= 0.6 is 0 Å². The van der Waals surface area contributed by atoms with Crippen molar-refractivity contribution in [3.05, 3.63) is 82.4 Å². The molecule has 23 atom stereocenters. The summed E-state index contributed by atoms with van der Waals surface area (Å²) >= 11 is 0. The number of hydrogen-bond donors (Lipinski definition) is 6. The fourth-order valence-electron chi connectivity index (χ4n) is 24.6. The monoisotopic (exact) mass is 1050 g/mol. The van der Waals surface area contributed by atoms with Crippen LogP contribution in [-0.4, -0.2) is 92.6 Å². The Kier molecular flexibility index (Phi) is 11.5. The van der Waals surface area contributed by atoms with Crippen LogP contribution in [0.5, 0.6) is 0 Å². The van der Waals surface area contributed by atoms with E-state index in [2.05, 4.69) is 54.4 Å². The molecule has 77 heavy (non-hydrogen) atoms. The summed E-state index contributed by atoms with van der Waals surface area (Å²) in [5.74, 6) is 6.36. The third-order valence-corrected chi connectivity index (χ3v) is 27.4. The van der Waals surface area contributed by atoms with E-state index < -0.39 is 63.0 Å². The first-order valence-corrected chi connectivity index (χ1v) is 31.1. The zero-order chi connectivity index (χ0) is 52.6. The highest BCUT2D eigenvalue weighted by Gasteiger charge is 2.89. The maximum atomic E-state index is 15.7. The molecule has 2 aliphatic heterocycles. The molecule has 0 amide bonds. The van der Waals surface area contributed by atoms with Crippen LogP contribution in [0.15, 0.2) is 60.2 Å². The Balaban J connectivity index is 0.916. The zero-order valence-electron chi connectivity index (χ0n) is 45.7. The van der Waals surface area contributed by atoms with Crippen molar-refractivity contribution in [3.63, 3.8) is 0 Å². The van der Waals surface area contributed by atoms with Gasteiger partial charge in [0.1, 0.15) is 23.6 Å². The van der Waals surface area contributed by atoms with Gasteiger partial charge in [-0.15, -0.1) is 0 Å². The Morgan fingerprint density at radius 2 is 1.64 bits per heavy atom. The van der Waals surface area contributed by atoms with E-state index >= 15 is 9.90 Å².